The van der Waals surface area contributed by atoms with E-state index in [4.69, 9.17) is 0 Å². The zero-order valence-corrected chi connectivity index (χ0v) is 33.0. The summed E-state index contributed by atoms with van der Waals surface area (Å²) in [6.45, 7) is 14.2. The Morgan fingerprint density at radius 2 is 0.804 bits per heavy atom. The number of unbranched alkanes of at least 4 members (excludes halogenated alkanes) is 14. The van der Waals surface area contributed by atoms with Gasteiger partial charge < -0.3 is 21.3 Å². The first-order valence-electron chi connectivity index (χ1n) is 20.7. The molecule has 2 aromatic rings. The third-order valence-electron chi connectivity index (χ3n) is 9.52. The minimum Gasteiger partial charge on any atom is -0.325 e. The van der Waals surface area contributed by atoms with E-state index in [9.17, 15) is 9.59 Å². The van der Waals surface area contributed by atoms with Crippen molar-refractivity contribution in [3.8, 4) is 0 Å². The van der Waals surface area contributed by atoms with Gasteiger partial charge in [-0.3, -0.25) is 9.80 Å². The fourth-order valence-corrected chi connectivity index (χ4v) is 6.41. The van der Waals surface area contributed by atoms with Crippen molar-refractivity contribution in [2.75, 3.05) is 50.1 Å². The van der Waals surface area contributed by atoms with E-state index in [-0.39, 0.29) is 12.1 Å². The van der Waals surface area contributed by atoms with Gasteiger partial charge in [0, 0.05) is 11.4 Å². The van der Waals surface area contributed by atoms with Gasteiger partial charge in [-0.05, 0) is 93.7 Å². The minimum atomic E-state index is -0.177. The second-order valence-electron chi connectivity index (χ2n) is 14.3. The van der Waals surface area contributed by atoms with Crippen molar-refractivity contribution in [2.24, 2.45) is 0 Å². The first kappa shape index (κ1) is 44.1. The Kier molecular flexibility index (Phi) is 25.5. The second kappa shape index (κ2) is 29.5. The maximum Gasteiger partial charge on any atom is 0.320 e. The van der Waals surface area contributed by atoms with Gasteiger partial charge in [0.05, 0.1) is 13.3 Å². The summed E-state index contributed by atoms with van der Waals surface area (Å²) in [5.74, 6) is 0. The van der Waals surface area contributed by atoms with Gasteiger partial charge in [0.1, 0.15) is 0 Å². The lowest BCUT2D eigenvalue weighted by atomic mass is 10.0. The standard InChI is InChI=1S/C43H74N6O2/c1-5-9-13-15-17-21-31-48(29-19-11-7-3)36-44-42(50)46-40-27-23-25-38(34-40)33-39-26-24-28-41(35-39)47-43(51)45-37-49(30-20-12-8-4)32-22-18-16-14-10-6-2/h23-28,34-35H,5-22,29-33,36-37H2,1-4H3,(H2,44,46,50)(H2,45,47,51). The molecule has 0 spiro atoms. The fraction of sp³-hybridized carbons (Fsp3) is 0.674. The summed E-state index contributed by atoms with van der Waals surface area (Å²) < 4.78 is 0. The molecule has 0 aliphatic rings. The number of benzene rings is 2. The van der Waals surface area contributed by atoms with Crippen LogP contribution < -0.4 is 21.3 Å². The third-order valence-corrected chi connectivity index (χ3v) is 9.52. The maximum atomic E-state index is 12.9. The fourth-order valence-electron chi connectivity index (χ4n) is 6.41. The molecule has 4 N–H and O–H groups in total. The smallest absolute Gasteiger partial charge is 0.320 e. The van der Waals surface area contributed by atoms with Crippen molar-refractivity contribution in [3.05, 3.63) is 59.7 Å². The van der Waals surface area contributed by atoms with Gasteiger partial charge in [0.15, 0.2) is 0 Å². The van der Waals surface area contributed by atoms with Gasteiger partial charge in [-0.1, -0.05) is 142 Å². The lowest BCUT2D eigenvalue weighted by Gasteiger charge is -2.23. The molecular weight excluding hydrogens is 633 g/mol. The zero-order chi connectivity index (χ0) is 36.8. The number of carbonyl (C=O) groups is 2. The minimum absolute atomic E-state index is 0.177. The molecule has 0 aliphatic carbocycles. The summed E-state index contributed by atoms with van der Waals surface area (Å²) in [5.41, 5.74) is 3.74. The van der Waals surface area contributed by atoms with Crippen LogP contribution in [0.3, 0.4) is 0 Å². The first-order valence-corrected chi connectivity index (χ1v) is 20.7. The van der Waals surface area contributed by atoms with Crippen LogP contribution in [0.15, 0.2) is 48.5 Å². The SMILES string of the molecule is CCCCCCCCN(CCCCC)CNC(=O)Nc1cccc(Cc2cccc(NC(=O)NCN(CCCCC)CCCCCCCC)c2)c1. The van der Waals surface area contributed by atoms with Gasteiger partial charge in [0.2, 0.25) is 0 Å². The molecule has 2 aromatic carbocycles. The highest BCUT2D eigenvalue weighted by molar-refractivity contribution is 5.89. The average Bonchev–Trinajstić information content (AvgIpc) is 3.12. The Bertz CT molecular complexity index is 1090. The van der Waals surface area contributed by atoms with Crippen molar-refractivity contribution >= 4 is 23.4 Å². The molecule has 288 valence electrons. The van der Waals surface area contributed by atoms with Crippen LogP contribution in [0.2, 0.25) is 0 Å². The third kappa shape index (κ3) is 22.4. The Morgan fingerprint density at radius 3 is 1.20 bits per heavy atom. The molecule has 0 bridgehead atoms. The predicted octanol–water partition coefficient (Wildman–Crippen LogP) is 11.1. The van der Waals surface area contributed by atoms with Gasteiger partial charge in [-0.15, -0.1) is 0 Å². The molecule has 0 saturated heterocycles. The number of carbonyl (C=O) groups excluding carboxylic acids is 2. The molecule has 0 aromatic heterocycles. The van der Waals surface area contributed by atoms with Crippen LogP contribution in [0.1, 0.15) is 154 Å². The summed E-state index contributed by atoms with van der Waals surface area (Å²) in [7, 11) is 0. The highest BCUT2D eigenvalue weighted by Gasteiger charge is 2.10. The van der Waals surface area contributed by atoms with Crippen molar-refractivity contribution in [1.29, 1.82) is 0 Å². The molecule has 0 unspecified atom stereocenters. The molecule has 2 rings (SSSR count). The zero-order valence-electron chi connectivity index (χ0n) is 33.0. The highest BCUT2D eigenvalue weighted by Crippen LogP contribution is 2.18. The Morgan fingerprint density at radius 1 is 0.471 bits per heavy atom. The van der Waals surface area contributed by atoms with Crippen LogP contribution in [0.5, 0.6) is 0 Å². The molecule has 51 heavy (non-hydrogen) atoms. The topological polar surface area (TPSA) is 88.7 Å². The van der Waals surface area contributed by atoms with E-state index >= 15 is 0 Å². The summed E-state index contributed by atoms with van der Waals surface area (Å²) in [5, 5.41) is 12.3. The number of nitrogens with zero attached hydrogens (tertiary/aromatic N) is 2. The maximum absolute atomic E-state index is 12.9. The van der Waals surface area contributed by atoms with E-state index in [1.54, 1.807) is 0 Å². The van der Waals surface area contributed by atoms with Crippen LogP contribution >= 0.6 is 0 Å². The van der Waals surface area contributed by atoms with E-state index in [2.05, 4.69) is 70.9 Å². The first-order chi connectivity index (χ1) is 25.0. The largest absolute Gasteiger partial charge is 0.325 e. The second-order valence-corrected chi connectivity index (χ2v) is 14.3. The van der Waals surface area contributed by atoms with Gasteiger partial charge in [-0.2, -0.15) is 0 Å². The van der Waals surface area contributed by atoms with Gasteiger partial charge >= 0.3 is 12.1 Å². The summed E-state index contributed by atoms with van der Waals surface area (Å²) in [4.78, 5) is 30.5. The van der Waals surface area contributed by atoms with E-state index in [1.165, 1.54) is 103 Å². The number of amides is 4. The van der Waals surface area contributed by atoms with E-state index in [0.717, 1.165) is 61.5 Å². The van der Waals surface area contributed by atoms with Crippen molar-refractivity contribution in [3.63, 3.8) is 0 Å². The molecule has 0 saturated carbocycles. The van der Waals surface area contributed by atoms with Gasteiger partial charge in [-0.25, -0.2) is 9.59 Å². The number of hydrogen-bond donors (Lipinski definition) is 4. The lowest BCUT2D eigenvalue weighted by molar-refractivity contribution is 0.223. The van der Waals surface area contributed by atoms with Crippen LogP contribution in [0, 0.1) is 0 Å². The molecule has 0 aliphatic heterocycles. The molecule has 0 atom stereocenters. The Hall–Kier alpha value is -3.10. The molecule has 8 heteroatoms. The summed E-state index contributed by atoms with van der Waals surface area (Å²) >= 11 is 0. The Labute approximate surface area is 312 Å². The van der Waals surface area contributed by atoms with Crippen LogP contribution in [-0.4, -0.2) is 61.4 Å². The number of hydrogen-bond acceptors (Lipinski definition) is 4. The summed E-state index contributed by atoms with van der Waals surface area (Å²) in [6, 6.07) is 15.7. The monoisotopic (exact) mass is 707 g/mol. The average molecular weight is 707 g/mol. The number of rotatable bonds is 30. The number of nitrogens with one attached hydrogen (secondary N) is 4. The van der Waals surface area contributed by atoms with E-state index in [1.807, 2.05) is 36.4 Å². The molecular formula is C43H74N6O2. The van der Waals surface area contributed by atoms with Crippen LogP contribution in [0.25, 0.3) is 0 Å². The van der Waals surface area contributed by atoms with Crippen molar-refractivity contribution in [1.82, 2.24) is 20.4 Å². The van der Waals surface area contributed by atoms with Gasteiger partial charge in [0.25, 0.3) is 0 Å². The Balaban J connectivity index is 1.84. The molecule has 0 radical (unpaired) electrons. The number of anilines is 2. The van der Waals surface area contributed by atoms with Crippen molar-refractivity contribution in [2.45, 2.75) is 150 Å². The lowest BCUT2D eigenvalue weighted by Crippen LogP contribution is -2.40. The molecule has 0 fully saturated rings. The van der Waals surface area contributed by atoms with Crippen molar-refractivity contribution < 1.29 is 9.59 Å². The summed E-state index contributed by atoms with van der Waals surface area (Å²) in [6.07, 6.45) is 23.2. The quantitative estimate of drug-likeness (QED) is 0.0481. The normalized spacial score (nSPS) is 11.3. The predicted molar refractivity (Wildman–Crippen MR) is 219 cm³/mol. The van der Waals surface area contributed by atoms with Crippen LogP contribution in [-0.2, 0) is 6.42 Å². The van der Waals surface area contributed by atoms with E-state index in [0.29, 0.717) is 19.8 Å². The molecule has 0 heterocycles. The van der Waals surface area contributed by atoms with Crippen LogP contribution in [0.4, 0.5) is 21.0 Å². The number of urea groups is 2. The molecule has 8 nitrogen and oxygen atoms in total. The highest BCUT2D eigenvalue weighted by atomic mass is 16.2. The van der Waals surface area contributed by atoms with E-state index < -0.39 is 0 Å². The molecule has 4 amide bonds.